The van der Waals surface area contributed by atoms with Crippen LogP contribution in [0.2, 0.25) is 0 Å². The van der Waals surface area contributed by atoms with Crippen LogP contribution < -0.4 is 10.5 Å². The number of hydrogen-bond acceptors (Lipinski definition) is 4. The first kappa shape index (κ1) is 14.3. The van der Waals surface area contributed by atoms with Crippen molar-refractivity contribution < 1.29 is 9.21 Å². The van der Waals surface area contributed by atoms with E-state index >= 15 is 0 Å². The molecule has 2 rings (SSSR count). The molecule has 0 aliphatic rings. The zero-order valence-electron chi connectivity index (χ0n) is 12.1. The molecule has 0 atom stereocenters. The van der Waals surface area contributed by atoms with Crippen LogP contribution in [0.15, 0.2) is 27.4 Å². The molecule has 0 spiro atoms. The molecule has 20 heavy (non-hydrogen) atoms. The molecule has 1 aromatic carbocycles. The van der Waals surface area contributed by atoms with E-state index in [1.54, 1.807) is 6.07 Å². The lowest BCUT2D eigenvalue weighted by Gasteiger charge is -2.23. The molecule has 4 nitrogen and oxygen atoms in total. The van der Waals surface area contributed by atoms with Gasteiger partial charge in [0.25, 0.3) is 0 Å². The Balaban J connectivity index is 2.89. The van der Waals surface area contributed by atoms with Crippen LogP contribution in [-0.2, 0) is 6.42 Å². The SMILES string of the molecule is CCc1ccc2oc(=O)c(C=O)c(N(CC)CC)c2c1. The predicted molar refractivity (Wildman–Crippen MR) is 80.8 cm³/mol. The Hall–Kier alpha value is -2.10. The van der Waals surface area contributed by atoms with Crippen LogP contribution in [0.3, 0.4) is 0 Å². The van der Waals surface area contributed by atoms with Gasteiger partial charge >= 0.3 is 5.63 Å². The van der Waals surface area contributed by atoms with Crippen molar-refractivity contribution in [1.82, 2.24) is 0 Å². The van der Waals surface area contributed by atoms with Gasteiger partial charge in [0, 0.05) is 18.5 Å². The zero-order valence-corrected chi connectivity index (χ0v) is 12.1. The summed E-state index contributed by atoms with van der Waals surface area (Å²) < 4.78 is 5.25. The van der Waals surface area contributed by atoms with E-state index in [4.69, 9.17) is 4.42 Å². The topological polar surface area (TPSA) is 50.5 Å². The molecule has 0 saturated carbocycles. The lowest BCUT2D eigenvalue weighted by Crippen LogP contribution is -2.26. The molecule has 1 aromatic heterocycles. The minimum absolute atomic E-state index is 0.106. The summed E-state index contributed by atoms with van der Waals surface area (Å²) in [5.74, 6) is 0. The summed E-state index contributed by atoms with van der Waals surface area (Å²) in [6.45, 7) is 7.53. The number of aldehydes is 1. The second-order valence-corrected chi connectivity index (χ2v) is 4.63. The maximum absolute atomic E-state index is 12.0. The molecule has 2 aromatic rings. The molecule has 0 unspecified atom stereocenters. The second kappa shape index (κ2) is 5.90. The van der Waals surface area contributed by atoms with Gasteiger partial charge in [-0.3, -0.25) is 4.79 Å². The molecule has 0 aliphatic carbocycles. The van der Waals surface area contributed by atoms with E-state index < -0.39 is 5.63 Å². The van der Waals surface area contributed by atoms with Gasteiger partial charge in [-0.1, -0.05) is 13.0 Å². The highest BCUT2D eigenvalue weighted by molar-refractivity contribution is 5.99. The van der Waals surface area contributed by atoms with E-state index in [0.717, 1.165) is 30.5 Å². The fraction of sp³-hybridized carbons (Fsp3) is 0.375. The van der Waals surface area contributed by atoms with Crippen LogP contribution in [0.4, 0.5) is 5.69 Å². The first-order chi connectivity index (χ1) is 9.65. The number of nitrogens with zero attached hydrogens (tertiary/aromatic N) is 1. The summed E-state index contributed by atoms with van der Waals surface area (Å²) in [5, 5.41) is 0.828. The molecule has 0 saturated heterocycles. The van der Waals surface area contributed by atoms with E-state index in [-0.39, 0.29) is 5.56 Å². The molecule has 1 heterocycles. The van der Waals surface area contributed by atoms with Crippen LogP contribution >= 0.6 is 0 Å². The van der Waals surface area contributed by atoms with Gasteiger partial charge in [-0.2, -0.15) is 0 Å². The summed E-state index contributed by atoms with van der Waals surface area (Å²) in [6.07, 6.45) is 1.49. The Labute approximate surface area is 118 Å². The van der Waals surface area contributed by atoms with Crippen molar-refractivity contribution in [2.45, 2.75) is 27.2 Å². The van der Waals surface area contributed by atoms with E-state index in [9.17, 15) is 9.59 Å². The van der Waals surface area contributed by atoms with Gasteiger partial charge in [-0.15, -0.1) is 0 Å². The molecule has 0 N–H and O–H groups in total. The summed E-state index contributed by atoms with van der Waals surface area (Å²) >= 11 is 0. The van der Waals surface area contributed by atoms with Crippen molar-refractivity contribution in [1.29, 1.82) is 0 Å². The summed E-state index contributed by atoms with van der Waals surface area (Å²) in [5.41, 5.74) is 1.90. The average molecular weight is 273 g/mol. The molecule has 0 fully saturated rings. The van der Waals surface area contributed by atoms with Gasteiger partial charge in [-0.05, 0) is 38.0 Å². The maximum Gasteiger partial charge on any atom is 0.349 e. The average Bonchev–Trinajstić information content (AvgIpc) is 2.48. The first-order valence-corrected chi connectivity index (χ1v) is 6.96. The number of rotatable bonds is 5. The van der Waals surface area contributed by atoms with Crippen molar-refractivity contribution >= 4 is 22.9 Å². The summed E-state index contributed by atoms with van der Waals surface area (Å²) in [4.78, 5) is 25.3. The minimum atomic E-state index is -0.571. The smallest absolute Gasteiger partial charge is 0.349 e. The Kier molecular flexibility index (Phi) is 4.23. The maximum atomic E-state index is 12.0. The molecular weight excluding hydrogens is 254 g/mol. The molecule has 4 heteroatoms. The van der Waals surface area contributed by atoms with Crippen molar-refractivity contribution in [2.24, 2.45) is 0 Å². The Morgan fingerprint density at radius 2 is 1.90 bits per heavy atom. The zero-order chi connectivity index (χ0) is 14.7. The second-order valence-electron chi connectivity index (χ2n) is 4.63. The Morgan fingerprint density at radius 1 is 1.20 bits per heavy atom. The van der Waals surface area contributed by atoms with E-state index in [0.29, 0.717) is 17.6 Å². The highest BCUT2D eigenvalue weighted by atomic mass is 16.4. The number of fused-ring (bicyclic) bond motifs is 1. The molecular formula is C16H19NO3. The molecule has 0 amide bonds. The normalized spacial score (nSPS) is 10.8. The van der Waals surface area contributed by atoms with E-state index in [2.05, 4.69) is 6.92 Å². The van der Waals surface area contributed by atoms with E-state index in [1.807, 2.05) is 30.9 Å². The van der Waals surface area contributed by atoms with Gasteiger partial charge in [-0.25, -0.2) is 4.79 Å². The largest absolute Gasteiger partial charge is 0.422 e. The molecule has 0 bridgehead atoms. The molecule has 0 aliphatic heterocycles. The number of hydrogen-bond donors (Lipinski definition) is 0. The van der Waals surface area contributed by atoms with Gasteiger partial charge in [0.05, 0.1) is 5.69 Å². The number of carbonyl (C=O) groups is 1. The first-order valence-electron chi connectivity index (χ1n) is 6.96. The number of carbonyl (C=O) groups excluding carboxylic acids is 1. The van der Waals surface area contributed by atoms with Crippen molar-refractivity contribution in [3.63, 3.8) is 0 Å². The summed E-state index contributed by atoms with van der Waals surface area (Å²) in [7, 11) is 0. The third-order valence-corrected chi connectivity index (χ3v) is 3.58. The Bertz CT molecular complexity index is 684. The fourth-order valence-electron chi connectivity index (χ4n) is 2.45. The number of benzene rings is 1. The predicted octanol–water partition coefficient (Wildman–Crippen LogP) is 3.01. The fourth-order valence-corrected chi connectivity index (χ4v) is 2.45. The van der Waals surface area contributed by atoms with Gasteiger partial charge in [0.1, 0.15) is 11.1 Å². The molecule has 0 radical (unpaired) electrons. The standard InChI is InChI=1S/C16H19NO3/c1-4-11-7-8-14-12(9-11)15(17(5-2)6-3)13(10-18)16(19)20-14/h7-10H,4-6H2,1-3H3. The minimum Gasteiger partial charge on any atom is -0.422 e. The van der Waals surface area contributed by atoms with Crippen LogP contribution in [0, 0.1) is 0 Å². The Morgan fingerprint density at radius 3 is 2.45 bits per heavy atom. The van der Waals surface area contributed by atoms with Crippen LogP contribution in [-0.4, -0.2) is 19.4 Å². The van der Waals surface area contributed by atoms with Gasteiger partial charge in [0.2, 0.25) is 0 Å². The third-order valence-electron chi connectivity index (χ3n) is 3.58. The lowest BCUT2D eigenvalue weighted by molar-refractivity contribution is 0.112. The highest BCUT2D eigenvalue weighted by Crippen LogP contribution is 2.29. The lowest BCUT2D eigenvalue weighted by atomic mass is 10.1. The molecule has 106 valence electrons. The van der Waals surface area contributed by atoms with Crippen LogP contribution in [0.5, 0.6) is 0 Å². The number of aryl methyl sites for hydroxylation is 1. The monoisotopic (exact) mass is 273 g/mol. The number of anilines is 1. The van der Waals surface area contributed by atoms with Crippen molar-refractivity contribution in [2.75, 3.05) is 18.0 Å². The van der Waals surface area contributed by atoms with Gasteiger partial charge in [0.15, 0.2) is 6.29 Å². The van der Waals surface area contributed by atoms with Crippen molar-refractivity contribution in [3.05, 3.63) is 39.7 Å². The van der Waals surface area contributed by atoms with Gasteiger partial charge < -0.3 is 9.32 Å². The quantitative estimate of drug-likeness (QED) is 0.620. The van der Waals surface area contributed by atoms with Crippen LogP contribution in [0.25, 0.3) is 11.0 Å². The van der Waals surface area contributed by atoms with E-state index in [1.165, 1.54) is 0 Å². The van der Waals surface area contributed by atoms with Crippen molar-refractivity contribution in [3.8, 4) is 0 Å². The highest BCUT2D eigenvalue weighted by Gasteiger charge is 2.18. The summed E-state index contributed by atoms with van der Waals surface area (Å²) in [6, 6.07) is 5.74. The van der Waals surface area contributed by atoms with Crippen LogP contribution in [0.1, 0.15) is 36.7 Å². The third kappa shape index (κ3) is 2.33.